The standard InChI is InChI=1S/C12H13N3S/c1-2-6-13-10(3-1)11-7-15-12(16-11)8-14-9-4-5-9/h1-3,6-7,9,14H,4-5,8H2. The van der Waals surface area contributed by atoms with E-state index in [1.54, 1.807) is 11.3 Å². The third-order valence-corrected chi connectivity index (χ3v) is 3.61. The smallest absolute Gasteiger partial charge is 0.107 e. The summed E-state index contributed by atoms with van der Waals surface area (Å²) in [6.45, 7) is 0.891. The largest absolute Gasteiger partial charge is 0.308 e. The Balaban J connectivity index is 1.71. The number of pyridine rings is 1. The lowest BCUT2D eigenvalue weighted by molar-refractivity contribution is 0.684. The van der Waals surface area contributed by atoms with Gasteiger partial charge in [-0.15, -0.1) is 11.3 Å². The molecule has 2 heterocycles. The second kappa shape index (κ2) is 4.31. The van der Waals surface area contributed by atoms with E-state index in [2.05, 4.69) is 15.3 Å². The summed E-state index contributed by atoms with van der Waals surface area (Å²) in [5.41, 5.74) is 1.01. The molecule has 1 fully saturated rings. The molecular formula is C12H13N3S. The monoisotopic (exact) mass is 231 g/mol. The van der Waals surface area contributed by atoms with E-state index in [9.17, 15) is 0 Å². The van der Waals surface area contributed by atoms with E-state index in [1.807, 2.05) is 30.6 Å². The van der Waals surface area contributed by atoms with Gasteiger partial charge in [-0.1, -0.05) is 6.07 Å². The second-order valence-corrected chi connectivity index (χ2v) is 5.10. The molecule has 0 aromatic carbocycles. The number of nitrogens with one attached hydrogen (secondary N) is 1. The molecular weight excluding hydrogens is 218 g/mol. The van der Waals surface area contributed by atoms with Crippen LogP contribution in [0.15, 0.2) is 30.6 Å². The lowest BCUT2D eigenvalue weighted by Crippen LogP contribution is -2.14. The predicted molar refractivity (Wildman–Crippen MR) is 65.2 cm³/mol. The average Bonchev–Trinajstić information content (AvgIpc) is 3.05. The first-order valence-electron chi connectivity index (χ1n) is 5.51. The number of hydrogen-bond donors (Lipinski definition) is 1. The zero-order valence-electron chi connectivity index (χ0n) is 8.89. The maximum absolute atomic E-state index is 4.41. The van der Waals surface area contributed by atoms with Crippen LogP contribution in [0.1, 0.15) is 17.8 Å². The lowest BCUT2D eigenvalue weighted by Gasteiger charge is -1.97. The molecule has 0 aliphatic heterocycles. The summed E-state index contributed by atoms with van der Waals surface area (Å²) in [6.07, 6.45) is 6.37. The van der Waals surface area contributed by atoms with Crippen molar-refractivity contribution in [1.29, 1.82) is 0 Å². The molecule has 0 spiro atoms. The molecule has 2 aromatic rings. The van der Waals surface area contributed by atoms with Gasteiger partial charge >= 0.3 is 0 Å². The van der Waals surface area contributed by atoms with Crippen LogP contribution in [0.25, 0.3) is 10.6 Å². The van der Waals surface area contributed by atoms with E-state index in [-0.39, 0.29) is 0 Å². The molecule has 0 saturated heterocycles. The minimum absolute atomic E-state index is 0.738. The molecule has 2 aromatic heterocycles. The highest BCUT2D eigenvalue weighted by Gasteiger charge is 2.20. The highest BCUT2D eigenvalue weighted by Crippen LogP contribution is 2.25. The molecule has 1 saturated carbocycles. The molecule has 1 N–H and O–H groups in total. The Kier molecular flexibility index (Phi) is 2.68. The van der Waals surface area contributed by atoms with Gasteiger partial charge in [-0.3, -0.25) is 4.98 Å². The quantitative estimate of drug-likeness (QED) is 0.878. The minimum atomic E-state index is 0.738. The summed E-state index contributed by atoms with van der Waals surface area (Å²) >= 11 is 1.72. The van der Waals surface area contributed by atoms with Gasteiger partial charge in [-0.05, 0) is 25.0 Å². The molecule has 1 aliphatic carbocycles. The zero-order valence-corrected chi connectivity index (χ0v) is 9.70. The fourth-order valence-corrected chi connectivity index (χ4v) is 2.38. The minimum Gasteiger partial charge on any atom is -0.308 e. The van der Waals surface area contributed by atoms with Crippen molar-refractivity contribution in [3.05, 3.63) is 35.6 Å². The van der Waals surface area contributed by atoms with Crippen LogP contribution in [0.4, 0.5) is 0 Å². The summed E-state index contributed by atoms with van der Waals surface area (Å²) in [6, 6.07) is 6.69. The highest BCUT2D eigenvalue weighted by molar-refractivity contribution is 7.15. The van der Waals surface area contributed by atoms with E-state index in [1.165, 1.54) is 12.8 Å². The fourth-order valence-electron chi connectivity index (χ4n) is 1.54. The van der Waals surface area contributed by atoms with Crippen molar-refractivity contribution in [2.45, 2.75) is 25.4 Å². The van der Waals surface area contributed by atoms with Gasteiger partial charge < -0.3 is 5.32 Å². The van der Waals surface area contributed by atoms with Gasteiger partial charge in [-0.25, -0.2) is 4.98 Å². The van der Waals surface area contributed by atoms with Crippen LogP contribution in [-0.2, 0) is 6.54 Å². The Hall–Kier alpha value is -1.26. The van der Waals surface area contributed by atoms with Gasteiger partial charge in [0.15, 0.2) is 0 Å². The van der Waals surface area contributed by atoms with E-state index >= 15 is 0 Å². The Morgan fingerprint density at radius 2 is 2.25 bits per heavy atom. The molecule has 3 nitrogen and oxygen atoms in total. The molecule has 0 bridgehead atoms. The van der Waals surface area contributed by atoms with Crippen molar-refractivity contribution in [1.82, 2.24) is 15.3 Å². The summed E-state index contributed by atoms with van der Waals surface area (Å²) in [7, 11) is 0. The van der Waals surface area contributed by atoms with Gasteiger partial charge in [0.05, 0.1) is 10.6 Å². The highest BCUT2D eigenvalue weighted by atomic mass is 32.1. The first-order chi connectivity index (χ1) is 7.92. The van der Waals surface area contributed by atoms with E-state index < -0.39 is 0 Å². The number of thiazole rings is 1. The average molecular weight is 231 g/mol. The van der Waals surface area contributed by atoms with Gasteiger partial charge in [0.25, 0.3) is 0 Å². The van der Waals surface area contributed by atoms with Gasteiger partial charge in [0, 0.05) is 25.0 Å². The Bertz CT molecular complexity index is 462. The van der Waals surface area contributed by atoms with Crippen LogP contribution >= 0.6 is 11.3 Å². The first kappa shape index (κ1) is 9.93. The molecule has 0 amide bonds. The van der Waals surface area contributed by atoms with Crippen LogP contribution in [0.2, 0.25) is 0 Å². The van der Waals surface area contributed by atoms with E-state index in [0.29, 0.717) is 0 Å². The Morgan fingerprint density at radius 3 is 3.00 bits per heavy atom. The molecule has 0 radical (unpaired) electrons. The predicted octanol–water partition coefficient (Wildman–Crippen LogP) is 2.46. The van der Waals surface area contributed by atoms with Crippen molar-refractivity contribution in [2.75, 3.05) is 0 Å². The van der Waals surface area contributed by atoms with Crippen LogP contribution in [0.3, 0.4) is 0 Å². The molecule has 3 rings (SSSR count). The number of nitrogens with zero attached hydrogens (tertiary/aromatic N) is 2. The van der Waals surface area contributed by atoms with Crippen molar-refractivity contribution >= 4 is 11.3 Å². The number of hydrogen-bond acceptors (Lipinski definition) is 4. The van der Waals surface area contributed by atoms with Crippen LogP contribution in [-0.4, -0.2) is 16.0 Å². The van der Waals surface area contributed by atoms with Crippen LogP contribution in [0.5, 0.6) is 0 Å². The maximum atomic E-state index is 4.41. The number of rotatable bonds is 4. The first-order valence-corrected chi connectivity index (χ1v) is 6.33. The molecule has 82 valence electrons. The van der Waals surface area contributed by atoms with Gasteiger partial charge in [0.1, 0.15) is 5.01 Å². The molecule has 0 atom stereocenters. The summed E-state index contributed by atoms with van der Waals surface area (Å²) in [4.78, 5) is 9.87. The molecule has 1 aliphatic rings. The maximum Gasteiger partial charge on any atom is 0.107 e. The number of aromatic nitrogens is 2. The van der Waals surface area contributed by atoms with Crippen LogP contribution < -0.4 is 5.32 Å². The summed E-state index contributed by atoms with van der Waals surface area (Å²) in [5, 5.41) is 4.61. The van der Waals surface area contributed by atoms with Crippen molar-refractivity contribution in [2.24, 2.45) is 0 Å². The molecule has 0 unspecified atom stereocenters. The molecule has 4 heteroatoms. The summed E-state index contributed by atoms with van der Waals surface area (Å²) in [5.74, 6) is 0. The lowest BCUT2D eigenvalue weighted by atomic mass is 10.3. The zero-order chi connectivity index (χ0) is 10.8. The SMILES string of the molecule is c1ccc(-c2cnc(CNC3CC3)s2)nc1. The fraction of sp³-hybridized carbons (Fsp3) is 0.333. The van der Waals surface area contributed by atoms with Crippen LogP contribution in [0, 0.1) is 0 Å². The van der Waals surface area contributed by atoms with E-state index in [0.717, 1.165) is 28.2 Å². The Morgan fingerprint density at radius 1 is 1.31 bits per heavy atom. The van der Waals surface area contributed by atoms with Gasteiger partial charge in [0.2, 0.25) is 0 Å². The second-order valence-electron chi connectivity index (χ2n) is 3.99. The van der Waals surface area contributed by atoms with Crippen molar-refractivity contribution in [3.63, 3.8) is 0 Å². The topological polar surface area (TPSA) is 37.8 Å². The van der Waals surface area contributed by atoms with E-state index in [4.69, 9.17) is 0 Å². The van der Waals surface area contributed by atoms with Gasteiger partial charge in [-0.2, -0.15) is 0 Å². The van der Waals surface area contributed by atoms with Crippen molar-refractivity contribution in [3.8, 4) is 10.6 Å². The Labute approximate surface area is 98.6 Å². The molecule has 16 heavy (non-hydrogen) atoms. The van der Waals surface area contributed by atoms with Crippen molar-refractivity contribution < 1.29 is 0 Å². The summed E-state index contributed by atoms with van der Waals surface area (Å²) < 4.78 is 0. The normalized spacial score (nSPS) is 15.2. The third-order valence-electron chi connectivity index (χ3n) is 2.59. The third kappa shape index (κ3) is 2.28.